The van der Waals surface area contributed by atoms with Crippen molar-refractivity contribution in [3.8, 4) is 0 Å². The zero-order valence-electron chi connectivity index (χ0n) is 15.5. The second-order valence-electron chi connectivity index (χ2n) is 7.69. The molecule has 0 saturated carbocycles. The van der Waals surface area contributed by atoms with Crippen LogP contribution in [0.2, 0.25) is 0 Å². The van der Waals surface area contributed by atoms with Gasteiger partial charge in [0, 0.05) is 49.0 Å². The molecular weight excluding hydrogens is 364 g/mol. The van der Waals surface area contributed by atoms with Crippen LogP contribution in [0, 0.1) is 11.6 Å². The molecule has 5 rings (SSSR count). The molecule has 2 aliphatic heterocycles. The van der Waals surface area contributed by atoms with Crippen molar-refractivity contribution in [1.82, 2.24) is 29.6 Å². The summed E-state index contributed by atoms with van der Waals surface area (Å²) in [6, 6.07) is 3.13. The topological polar surface area (TPSA) is 75.6 Å². The molecule has 0 aliphatic carbocycles. The maximum atomic E-state index is 14.3. The Kier molecular flexibility index (Phi) is 4.11. The van der Waals surface area contributed by atoms with Crippen LogP contribution in [0.5, 0.6) is 0 Å². The van der Waals surface area contributed by atoms with Crippen LogP contribution in [-0.2, 0) is 13.1 Å². The fourth-order valence-electron chi connectivity index (χ4n) is 4.64. The molecular formula is C19H21F2N7. The Labute approximate surface area is 160 Å². The van der Waals surface area contributed by atoms with Gasteiger partial charge in [0.15, 0.2) is 5.65 Å². The number of nitrogens with two attached hydrogens (primary N) is 1. The largest absolute Gasteiger partial charge is 0.326 e. The first-order valence-electron chi connectivity index (χ1n) is 9.34. The molecule has 2 unspecified atom stereocenters. The van der Waals surface area contributed by atoms with Gasteiger partial charge in [-0.05, 0) is 31.7 Å². The minimum absolute atomic E-state index is 0.207. The van der Waals surface area contributed by atoms with Crippen LogP contribution in [0.3, 0.4) is 0 Å². The summed E-state index contributed by atoms with van der Waals surface area (Å²) < 4.78 is 29.5. The number of hydrogen-bond acceptors (Lipinski definition) is 6. The Hall–Kier alpha value is -2.49. The van der Waals surface area contributed by atoms with Crippen LogP contribution >= 0.6 is 0 Å². The minimum atomic E-state index is -0.446. The normalized spacial score (nSPS) is 26.1. The number of benzene rings is 1. The van der Waals surface area contributed by atoms with Gasteiger partial charge in [-0.1, -0.05) is 0 Å². The number of rotatable bonds is 2. The van der Waals surface area contributed by atoms with E-state index in [0.717, 1.165) is 36.1 Å². The van der Waals surface area contributed by atoms with Gasteiger partial charge in [-0.15, -0.1) is 4.63 Å². The summed E-state index contributed by atoms with van der Waals surface area (Å²) in [4.78, 5) is 8.75. The van der Waals surface area contributed by atoms with Crippen LogP contribution < -0.4 is 5.73 Å². The van der Waals surface area contributed by atoms with Crippen molar-refractivity contribution in [2.24, 2.45) is 5.73 Å². The van der Waals surface area contributed by atoms with Crippen LogP contribution in [-0.4, -0.2) is 55.3 Å². The average Bonchev–Trinajstić information content (AvgIpc) is 3.22. The van der Waals surface area contributed by atoms with Crippen molar-refractivity contribution in [2.75, 3.05) is 13.6 Å². The van der Waals surface area contributed by atoms with Gasteiger partial charge in [0.2, 0.25) is 0 Å². The molecule has 1 fully saturated rings. The molecule has 3 aromatic rings. The molecule has 0 spiro atoms. The number of fused-ring (bicyclic) bond motifs is 3. The first-order chi connectivity index (χ1) is 13.5. The monoisotopic (exact) mass is 385 g/mol. The zero-order chi connectivity index (χ0) is 19.4. The molecule has 0 amide bonds. The first kappa shape index (κ1) is 17.6. The van der Waals surface area contributed by atoms with E-state index in [0.29, 0.717) is 18.5 Å². The third-order valence-electron chi connectivity index (χ3n) is 5.89. The van der Waals surface area contributed by atoms with E-state index in [4.69, 9.17) is 5.73 Å². The van der Waals surface area contributed by atoms with E-state index < -0.39 is 11.6 Å². The number of piperidine rings is 1. The van der Waals surface area contributed by atoms with Gasteiger partial charge in [0.1, 0.15) is 11.6 Å². The van der Waals surface area contributed by atoms with E-state index in [2.05, 4.69) is 20.1 Å². The Bertz CT molecular complexity index is 1020. The van der Waals surface area contributed by atoms with Gasteiger partial charge in [-0.25, -0.2) is 13.8 Å². The fourth-order valence-corrected chi connectivity index (χ4v) is 4.64. The minimum Gasteiger partial charge on any atom is -0.326 e. The van der Waals surface area contributed by atoms with Gasteiger partial charge in [-0.3, -0.25) is 9.80 Å². The van der Waals surface area contributed by atoms with Gasteiger partial charge in [0.25, 0.3) is 0 Å². The SMILES string of the molecule is CN1CC(N2Cc3nn4nccnc4c3C2)C[C@H](N)C1c1cc(F)ccc1F. The van der Waals surface area contributed by atoms with Crippen LogP contribution in [0.25, 0.3) is 5.65 Å². The molecule has 0 bridgehead atoms. The third-order valence-corrected chi connectivity index (χ3v) is 5.89. The average molecular weight is 385 g/mol. The molecule has 3 atom stereocenters. The molecule has 146 valence electrons. The van der Waals surface area contributed by atoms with Crippen molar-refractivity contribution < 1.29 is 8.78 Å². The molecule has 2 N–H and O–H groups in total. The van der Waals surface area contributed by atoms with Crippen molar-refractivity contribution in [3.63, 3.8) is 0 Å². The molecule has 28 heavy (non-hydrogen) atoms. The van der Waals surface area contributed by atoms with E-state index in [1.54, 1.807) is 17.0 Å². The van der Waals surface area contributed by atoms with Gasteiger partial charge in [-0.2, -0.15) is 10.2 Å². The molecule has 1 aromatic carbocycles. The van der Waals surface area contributed by atoms with Gasteiger partial charge < -0.3 is 5.73 Å². The number of hydrogen-bond donors (Lipinski definition) is 1. The smallest absolute Gasteiger partial charge is 0.180 e. The highest BCUT2D eigenvalue weighted by atomic mass is 19.1. The van der Waals surface area contributed by atoms with Crippen molar-refractivity contribution in [3.05, 3.63) is 59.0 Å². The van der Waals surface area contributed by atoms with Crippen molar-refractivity contribution >= 4 is 5.65 Å². The van der Waals surface area contributed by atoms with E-state index in [1.807, 2.05) is 11.9 Å². The predicted octanol–water partition coefficient (Wildman–Crippen LogP) is 1.49. The second-order valence-corrected chi connectivity index (χ2v) is 7.69. The predicted molar refractivity (Wildman–Crippen MR) is 98.1 cm³/mol. The van der Waals surface area contributed by atoms with Crippen molar-refractivity contribution in [2.45, 2.75) is 37.6 Å². The third kappa shape index (κ3) is 2.78. The zero-order valence-corrected chi connectivity index (χ0v) is 15.5. The fraction of sp³-hybridized carbons (Fsp3) is 0.421. The van der Waals surface area contributed by atoms with Crippen LogP contribution in [0.1, 0.15) is 29.3 Å². The molecule has 7 nitrogen and oxygen atoms in total. The highest BCUT2D eigenvalue weighted by Crippen LogP contribution is 2.35. The molecule has 1 saturated heterocycles. The molecule has 4 heterocycles. The molecule has 0 radical (unpaired) electrons. The first-order valence-corrected chi connectivity index (χ1v) is 9.34. The van der Waals surface area contributed by atoms with Crippen molar-refractivity contribution in [1.29, 1.82) is 0 Å². The maximum absolute atomic E-state index is 14.3. The lowest BCUT2D eigenvalue weighted by molar-refractivity contribution is 0.0586. The molecule has 9 heteroatoms. The van der Waals surface area contributed by atoms with Crippen LogP contribution in [0.4, 0.5) is 8.78 Å². The summed E-state index contributed by atoms with van der Waals surface area (Å²) in [6.45, 7) is 2.17. The summed E-state index contributed by atoms with van der Waals surface area (Å²) in [5.41, 5.74) is 9.65. The summed E-state index contributed by atoms with van der Waals surface area (Å²) in [5.74, 6) is -0.863. The van der Waals surface area contributed by atoms with E-state index in [9.17, 15) is 8.78 Å². The number of likely N-dealkylation sites (N-methyl/N-ethyl adjacent to an activating group) is 1. The van der Waals surface area contributed by atoms with E-state index >= 15 is 0 Å². The summed E-state index contributed by atoms with van der Waals surface area (Å²) in [5, 5.41) is 8.72. The highest BCUT2D eigenvalue weighted by Gasteiger charge is 2.39. The summed E-state index contributed by atoms with van der Waals surface area (Å²) in [6.07, 6.45) is 3.99. The van der Waals surface area contributed by atoms with Crippen LogP contribution in [0.15, 0.2) is 30.6 Å². The lowest BCUT2D eigenvalue weighted by Crippen LogP contribution is -2.54. The Morgan fingerprint density at radius 3 is 2.86 bits per heavy atom. The summed E-state index contributed by atoms with van der Waals surface area (Å²) >= 11 is 0. The molecule has 2 aromatic heterocycles. The highest BCUT2D eigenvalue weighted by molar-refractivity contribution is 5.50. The summed E-state index contributed by atoms with van der Waals surface area (Å²) in [7, 11) is 1.92. The number of likely N-dealkylation sites (tertiary alicyclic amines) is 1. The van der Waals surface area contributed by atoms with E-state index in [1.165, 1.54) is 12.1 Å². The second kappa shape index (κ2) is 6.54. The quantitative estimate of drug-likeness (QED) is 0.720. The van der Waals surface area contributed by atoms with Gasteiger partial charge in [0.05, 0.1) is 17.9 Å². The number of nitrogens with zero attached hydrogens (tertiary/aromatic N) is 6. The number of aromatic nitrogens is 4. The maximum Gasteiger partial charge on any atom is 0.180 e. The van der Waals surface area contributed by atoms with E-state index in [-0.39, 0.29) is 18.1 Å². The molecule has 2 aliphatic rings. The Balaban J connectivity index is 1.36. The Morgan fingerprint density at radius 1 is 1.18 bits per heavy atom. The lowest BCUT2D eigenvalue weighted by atomic mass is 9.88. The van der Waals surface area contributed by atoms with Gasteiger partial charge >= 0.3 is 0 Å². The lowest BCUT2D eigenvalue weighted by Gasteiger charge is -2.44. The Morgan fingerprint density at radius 2 is 2.04 bits per heavy atom. The standard InChI is InChI=1S/C19H21F2N7/c1-26-8-12(7-16(22)18(26)13-6-11(20)2-3-15(13)21)27-9-14-17(10-27)25-28-19(14)23-4-5-24-28/h2-6,12,16,18H,7-10,22H2,1H3/t12?,16-,18?/m0/s1. The number of halogens is 2.